The van der Waals surface area contributed by atoms with Gasteiger partial charge in [0, 0.05) is 11.8 Å². The summed E-state index contributed by atoms with van der Waals surface area (Å²) in [5, 5.41) is 4.01. The Morgan fingerprint density at radius 1 is 1.58 bits per heavy atom. The lowest BCUT2D eigenvalue weighted by Gasteiger charge is -2.21. The van der Waals surface area contributed by atoms with Gasteiger partial charge < -0.3 is 5.32 Å². The van der Waals surface area contributed by atoms with E-state index in [9.17, 15) is 0 Å². The van der Waals surface area contributed by atoms with Gasteiger partial charge in [-0.3, -0.25) is 0 Å². The smallest absolute Gasteiger partial charge is 0.0159 e. The summed E-state index contributed by atoms with van der Waals surface area (Å²) in [6.45, 7) is 5.05. The molecular weight excluding hydrogens is 166 g/mol. The summed E-state index contributed by atoms with van der Waals surface area (Å²) < 4.78 is 0. The maximum atomic E-state index is 4.06. The molecule has 1 heterocycles. The third-order valence-corrected chi connectivity index (χ3v) is 3.62. The molecule has 0 radical (unpaired) electrons. The quantitative estimate of drug-likeness (QED) is 0.675. The minimum atomic E-state index is 0.861. The van der Waals surface area contributed by atoms with Gasteiger partial charge in [0.05, 0.1) is 0 Å². The van der Waals surface area contributed by atoms with Crippen molar-refractivity contribution in [2.75, 3.05) is 19.3 Å². The van der Waals surface area contributed by atoms with E-state index in [2.05, 4.69) is 23.7 Å². The minimum absolute atomic E-state index is 0.861. The fourth-order valence-corrected chi connectivity index (χ4v) is 3.00. The molecule has 1 aliphatic rings. The third-order valence-electron chi connectivity index (χ3n) is 2.22. The van der Waals surface area contributed by atoms with Gasteiger partial charge in [-0.1, -0.05) is 18.6 Å². The van der Waals surface area contributed by atoms with Crippen LogP contribution in [0.1, 0.15) is 25.7 Å². The first-order chi connectivity index (χ1) is 5.83. The predicted octanol–water partition coefficient (Wildman–Crippen LogP) is 2.44. The molecule has 0 amide bonds. The first kappa shape index (κ1) is 10.1. The SMILES string of the molecule is C=C(CNC)CC1CCCCS1. The molecule has 0 bridgehead atoms. The molecule has 1 saturated heterocycles. The van der Waals surface area contributed by atoms with Crippen LogP contribution >= 0.6 is 11.8 Å². The van der Waals surface area contributed by atoms with Crippen molar-refractivity contribution in [3.05, 3.63) is 12.2 Å². The highest BCUT2D eigenvalue weighted by molar-refractivity contribution is 7.99. The Balaban J connectivity index is 2.15. The molecule has 1 nitrogen and oxygen atoms in total. The highest BCUT2D eigenvalue weighted by atomic mass is 32.2. The second-order valence-electron chi connectivity index (χ2n) is 3.47. The number of nitrogens with one attached hydrogen (secondary N) is 1. The van der Waals surface area contributed by atoms with Crippen LogP contribution in [-0.4, -0.2) is 24.6 Å². The zero-order valence-corrected chi connectivity index (χ0v) is 8.75. The zero-order chi connectivity index (χ0) is 8.81. The maximum absolute atomic E-state index is 4.06. The molecule has 0 spiro atoms. The second kappa shape index (κ2) is 5.65. The molecule has 1 N–H and O–H groups in total. The molecule has 0 aromatic heterocycles. The van der Waals surface area contributed by atoms with Crippen LogP contribution in [0.2, 0.25) is 0 Å². The van der Waals surface area contributed by atoms with Crippen molar-refractivity contribution in [1.82, 2.24) is 5.32 Å². The highest BCUT2D eigenvalue weighted by Gasteiger charge is 2.14. The summed E-state index contributed by atoms with van der Waals surface area (Å²) in [5.74, 6) is 1.36. The molecule has 1 atom stereocenters. The Labute approximate surface area is 80.0 Å². The maximum Gasteiger partial charge on any atom is 0.0159 e. The zero-order valence-electron chi connectivity index (χ0n) is 7.94. The van der Waals surface area contributed by atoms with Crippen LogP contribution in [-0.2, 0) is 0 Å². The molecular formula is C10H19NS. The van der Waals surface area contributed by atoms with Crippen molar-refractivity contribution in [1.29, 1.82) is 0 Å². The van der Waals surface area contributed by atoms with E-state index in [0.29, 0.717) is 0 Å². The fourth-order valence-electron chi connectivity index (χ4n) is 1.61. The Bertz CT molecular complexity index is 139. The molecule has 1 aliphatic heterocycles. The van der Waals surface area contributed by atoms with Crippen molar-refractivity contribution in [2.24, 2.45) is 0 Å². The van der Waals surface area contributed by atoms with Crippen LogP contribution in [0.15, 0.2) is 12.2 Å². The van der Waals surface area contributed by atoms with Gasteiger partial charge in [0.15, 0.2) is 0 Å². The highest BCUT2D eigenvalue weighted by Crippen LogP contribution is 2.29. The topological polar surface area (TPSA) is 12.0 Å². The summed E-state index contributed by atoms with van der Waals surface area (Å²) in [6, 6.07) is 0. The van der Waals surface area contributed by atoms with E-state index in [-0.39, 0.29) is 0 Å². The van der Waals surface area contributed by atoms with E-state index in [4.69, 9.17) is 0 Å². The second-order valence-corrected chi connectivity index (χ2v) is 4.88. The van der Waals surface area contributed by atoms with Gasteiger partial charge in [-0.15, -0.1) is 0 Å². The number of likely N-dealkylation sites (N-methyl/N-ethyl adjacent to an activating group) is 1. The molecule has 2 heteroatoms. The van der Waals surface area contributed by atoms with Crippen molar-refractivity contribution in [3.63, 3.8) is 0 Å². The summed E-state index contributed by atoms with van der Waals surface area (Å²) in [6.07, 6.45) is 5.45. The lowest BCUT2D eigenvalue weighted by Crippen LogP contribution is -2.15. The molecule has 1 rings (SSSR count). The van der Waals surface area contributed by atoms with Crippen LogP contribution in [0.4, 0.5) is 0 Å². The van der Waals surface area contributed by atoms with Crippen LogP contribution in [0.3, 0.4) is 0 Å². The molecule has 1 unspecified atom stereocenters. The van der Waals surface area contributed by atoms with Gasteiger partial charge in [0.1, 0.15) is 0 Å². The standard InChI is InChI=1S/C10H19NS/c1-9(8-11-2)7-10-5-3-4-6-12-10/h10-11H,1,3-8H2,2H3. The minimum Gasteiger partial charge on any atom is -0.316 e. The van der Waals surface area contributed by atoms with Crippen molar-refractivity contribution in [3.8, 4) is 0 Å². The van der Waals surface area contributed by atoms with Crippen LogP contribution in [0.25, 0.3) is 0 Å². The third kappa shape index (κ3) is 3.63. The molecule has 0 aliphatic carbocycles. The van der Waals surface area contributed by atoms with Crippen LogP contribution < -0.4 is 5.32 Å². The normalized spacial score (nSPS) is 23.9. The number of thioether (sulfide) groups is 1. The molecule has 0 aromatic carbocycles. The molecule has 0 saturated carbocycles. The van der Waals surface area contributed by atoms with E-state index in [0.717, 1.165) is 11.8 Å². The van der Waals surface area contributed by atoms with Crippen LogP contribution in [0, 0.1) is 0 Å². The monoisotopic (exact) mass is 185 g/mol. The van der Waals surface area contributed by atoms with Gasteiger partial charge >= 0.3 is 0 Å². The van der Waals surface area contributed by atoms with Gasteiger partial charge in [0.25, 0.3) is 0 Å². The Morgan fingerprint density at radius 3 is 3.00 bits per heavy atom. The summed E-state index contributed by atoms with van der Waals surface area (Å²) in [7, 11) is 1.99. The van der Waals surface area contributed by atoms with Gasteiger partial charge in [0.2, 0.25) is 0 Å². The molecule has 0 aromatic rings. The van der Waals surface area contributed by atoms with Crippen molar-refractivity contribution < 1.29 is 0 Å². The number of hydrogen-bond donors (Lipinski definition) is 1. The van der Waals surface area contributed by atoms with Crippen molar-refractivity contribution in [2.45, 2.75) is 30.9 Å². The largest absolute Gasteiger partial charge is 0.316 e. The van der Waals surface area contributed by atoms with Gasteiger partial charge in [-0.05, 0) is 32.1 Å². The first-order valence-electron chi connectivity index (χ1n) is 4.76. The average molecular weight is 185 g/mol. The van der Waals surface area contributed by atoms with E-state index >= 15 is 0 Å². The first-order valence-corrected chi connectivity index (χ1v) is 5.80. The van der Waals surface area contributed by atoms with Gasteiger partial charge in [-0.2, -0.15) is 11.8 Å². The number of rotatable bonds is 4. The lowest BCUT2D eigenvalue weighted by molar-refractivity contribution is 0.650. The molecule has 70 valence electrons. The Morgan fingerprint density at radius 2 is 2.42 bits per heavy atom. The molecule has 1 fully saturated rings. The van der Waals surface area contributed by atoms with E-state index < -0.39 is 0 Å². The summed E-state index contributed by atoms with van der Waals surface area (Å²) in [4.78, 5) is 0. The van der Waals surface area contributed by atoms with E-state index in [1.165, 1.54) is 37.0 Å². The fraction of sp³-hybridized carbons (Fsp3) is 0.800. The van der Waals surface area contributed by atoms with Crippen LogP contribution in [0.5, 0.6) is 0 Å². The predicted molar refractivity (Wildman–Crippen MR) is 57.8 cm³/mol. The average Bonchev–Trinajstić information content (AvgIpc) is 2.06. The van der Waals surface area contributed by atoms with Crippen molar-refractivity contribution >= 4 is 11.8 Å². The van der Waals surface area contributed by atoms with Gasteiger partial charge in [-0.25, -0.2) is 0 Å². The summed E-state index contributed by atoms with van der Waals surface area (Å²) >= 11 is 2.13. The van der Waals surface area contributed by atoms with E-state index in [1.807, 2.05) is 7.05 Å². The summed E-state index contributed by atoms with van der Waals surface area (Å²) in [5.41, 5.74) is 1.36. The number of hydrogen-bond acceptors (Lipinski definition) is 2. The Kier molecular flexibility index (Phi) is 4.77. The lowest BCUT2D eigenvalue weighted by atomic mass is 10.1. The molecule has 12 heavy (non-hydrogen) atoms. The Hall–Kier alpha value is 0.0500. The van der Waals surface area contributed by atoms with E-state index in [1.54, 1.807) is 0 Å².